The van der Waals surface area contributed by atoms with Crippen LogP contribution in [0.1, 0.15) is 0 Å². The standard InChI is InChI=1S/C15H12N4O2/c16-15-10-14(11-6-8-13(9-7-11)19(20)21)17-18(15)12-4-2-1-3-5-12/h1-10H,16H2. The number of benzene rings is 2. The van der Waals surface area contributed by atoms with Gasteiger partial charge in [-0.25, -0.2) is 4.68 Å². The van der Waals surface area contributed by atoms with E-state index in [-0.39, 0.29) is 5.69 Å². The normalized spacial score (nSPS) is 10.5. The van der Waals surface area contributed by atoms with Gasteiger partial charge in [0.2, 0.25) is 0 Å². The number of hydrogen-bond donors (Lipinski definition) is 1. The number of nitrogen functional groups attached to an aromatic ring is 1. The van der Waals surface area contributed by atoms with Crippen molar-refractivity contribution in [1.82, 2.24) is 9.78 Å². The summed E-state index contributed by atoms with van der Waals surface area (Å²) in [5, 5.41) is 15.1. The average Bonchev–Trinajstić information content (AvgIpc) is 2.90. The van der Waals surface area contributed by atoms with E-state index in [9.17, 15) is 10.1 Å². The van der Waals surface area contributed by atoms with Gasteiger partial charge >= 0.3 is 0 Å². The third-order valence-corrected chi connectivity index (χ3v) is 3.11. The topological polar surface area (TPSA) is 87.0 Å². The maximum atomic E-state index is 10.7. The second-order valence-corrected chi connectivity index (χ2v) is 4.51. The highest BCUT2D eigenvalue weighted by molar-refractivity contribution is 5.64. The van der Waals surface area contributed by atoms with E-state index in [1.165, 1.54) is 12.1 Å². The molecule has 0 saturated carbocycles. The second kappa shape index (κ2) is 5.09. The fraction of sp³-hybridized carbons (Fsp3) is 0. The molecule has 3 aromatic rings. The van der Waals surface area contributed by atoms with E-state index in [0.29, 0.717) is 11.5 Å². The van der Waals surface area contributed by atoms with Crippen LogP contribution in [-0.2, 0) is 0 Å². The Balaban J connectivity index is 1.99. The molecule has 0 saturated heterocycles. The van der Waals surface area contributed by atoms with Gasteiger partial charge in [-0.2, -0.15) is 5.10 Å². The molecule has 0 amide bonds. The molecule has 104 valence electrons. The molecule has 1 heterocycles. The summed E-state index contributed by atoms with van der Waals surface area (Å²) in [4.78, 5) is 10.2. The van der Waals surface area contributed by atoms with Gasteiger partial charge in [-0.1, -0.05) is 18.2 Å². The molecule has 0 aliphatic rings. The van der Waals surface area contributed by atoms with E-state index in [1.54, 1.807) is 22.9 Å². The predicted octanol–water partition coefficient (Wildman–Crippen LogP) is 3.03. The van der Waals surface area contributed by atoms with Crippen LogP contribution in [0.15, 0.2) is 60.7 Å². The van der Waals surface area contributed by atoms with Crippen molar-refractivity contribution < 1.29 is 4.92 Å². The molecule has 0 spiro atoms. The molecule has 0 radical (unpaired) electrons. The highest BCUT2D eigenvalue weighted by Crippen LogP contribution is 2.24. The third-order valence-electron chi connectivity index (χ3n) is 3.11. The molecule has 2 N–H and O–H groups in total. The van der Waals surface area contributed by atoms with Crippen molar-refractivity contribution in [2.24, 2.45) is 0 Å². The fourth-order valence-electron chi connectivity index (χ4n) is 2.07. The van der Waals surface area contributed by atoms with Gasteiger partial charge in [0.05, 0.1) is 16.3 Å². The number of hydrogen-bond acceptors (Lipinski definition) is 4. The number of nitro groups is 1. The molecule has 0 unspecified atom stereocenters. The Labute approximate surface area is 120 Å². The minimum Gasteiger partial charge on any atom is -0.384 e. The van der Waals surface area contributed by atoms with E-state index in [0.717, 1.165) is 11.3 Å². The summed E-state index contributed by atoms with van der Waals surface area (Å²) in [6, 6.07) is 17.5. The van der Waals surface area contributed by atoms with Crippen LogP contribution in [-0.4, -0.2) is 14.7 Å². The molecule has 0 bridgehead atoms. The Bertz CT molecular complexity index is 779. The van der Waals surface area contributed by atoms with Crippen LogP contribution in [0.5, 0.6) is 0 Å². The summed E-state index contributed by atoms with van der Waals surface area (Å²) in [5.74, 6) is 0.509. The summed E-state index contributed by atoms with van der Waals surface area (Å²) in [7, 11) is 0. The average molecular weight is 280 g/mol. The van der Waals surface area contributed by atoms with Crippen LogP contribution < -0.4 is 5.73 Å². The Hall–Kier alpha value is -3.15. The zero-order chi connectivity index (χ0) is 14.8. The van der Waals surface area contributed by atoms with Crippen LogP contribution >= 0.6 is 0 Å². The number of anilines is 1. The largest absolute Gasteiger partial charge is 0.384 e. The van der Waals surface area contributed by atoms with E-state index in [2.05, 4.69) is 5.10 Å². The van der Waals surface area contributed by atoms with Crippen molar-refractivity contribution in [3.63, 3.8) is 0 Å². The molecule has 6 heteroatoms. The summed E-state index contributed by atoms with van der Waals surface area (Å²) in [6.07, 6.45) is 0. The number of rotatable bonds is 3. The Kier molecular flexibility index (Phi) is 3.12. The van der Waals surface area contributed by atoms with Crippen molar-refractivity contribution >= 4 is 11.5 Å². The second-order valence-electron chi connectivity index (χ2n) is 4.51. The summed E-state index contributed by atoms with van der Waals surface area (Å²) < 4.78 is 1.64. The molecule has 1 aromatic heterocycles. The van der Waals surface area contributed by atoms with E-state index in [4.69, 9.17) is 5.73 Å². The maximum absolute atomic E-state index is 10.7. The molecule has 0 aliphatic carbocycles. The molecule has 0 fully saturated rings. The van der Waals surface area contributed by atoms with Gasteiger partial charge < -0.3 is 5.73 Å². The number of para-hydroxylation sites is 1. The van der Waals surface area contributed by atoms with Crippen molar-refractivity contribution in [3.05, 3.63) is 70.8 Å². The zero-order valence-corrected chi connectivity index (χ0v) is 11.0. The zero-order valence-electron chi connectivity index (χ0n) is 11.0. The highest BCUT2D eigenvalue weighted by atomic mass is 16.6. The molecule has 6 nitrogen and oxygen atoms in total. The fourth-order valence-corrected chi connectivity index (χ4v) is 2.07. The lowest BCUT2D eigenvalue weighted by Gasteiger charge is -2.02. The first-order valence-electron chi connectivity index (χ1n) is 6.31. The van der Waals surface area contributed by atoms with Gasteiger partial charge in [0, 0.05) is 23.8 Å². The number of nitrogens with zero attached hydrogens (tertiary/aromatic N) is 3. The molecule has 0 aliphatic heterocycles. The molecular weight excluding hydrogens is 268 g/mol. The van der Waals surface area contributed by atoms with E-state index < -0.39 is 4.92 Å². The minimum atomic E-state index is -0.430. The van der Waals surface area contributed by atoms with Crippen LogP contribution in [0.2, 0.25) is 0 Å². The van der Waals surface area contributed by atoms with E-state index in [1.807, 2.05) is 30.3 Å². The lowest BCUT2D eigenvalue weighted by molar-refractivity contribution is -0.384. The van der Waals surface area contributed by atoms with Gasteiger partial charge in [0.1, 0.15) is 5.82 Å². The van der Waals surface area contributed by atoms with Gasteiger partial charge in [-0.3, -0.25) is 10.1 Å². The Morgan fingerprint density at radius 1 is 1.05 bits per heavy atom. The molecule has 0 atom stereocenters. The monoisotopic (exact) mass is 280 g/mol. The van der Waals surface area contributed by atoms with Gasteiger partial charge in [-0.15, -0.1) is 0 Å². The van der Waals surface area contributed by atoms with Gasteiger partial charge in [0.15, 0.2) is 0 Å². The van der Waals surface area contributed by atoms with E-state index >= 15 is 0 Å². The van der Waals surface area contributed by atoms with Crippen LogP contribution in [0.4, 0.5) is 11.5 Å². The number of non-ortho nitro benzene ring substituents is 1. The van der Waals surface area contributed by atoms with Crippen LogP contribution in [0, 0.1) is 10.1 Å². The molecule has 3 rings (SSSR count). The smallest absolute Gasteiger partial charge is 0.269 e. The minimum absolute atomic E-state index is 0.0502. The Morgan fingerprint density at radius 3 is 2.33 bits per heavy atom. The summed E-state index contributed by atoms with van der Waals surface area (Å²) in [5.41, 5.74) is 8.35. The predicted molar refractivity (Wildman–Crippen MR) is 80.1 cm³/mol. The number of aromatic nitrogens is 2. The number of nitro benzene ring substituents is 1. The molecular formula is C15H12N4O2. The number of nitrogens with two attached hydrogens (primary N) is 1. The summed E-state index contributed by atoms with van der Waals surface area (Å²) in [6.45, 7) is 0. The van der Waals surface area contributed by atoms with Crippen molar-refractivity contribution in [3.8, 4) is 16.9 Å². The lowest BCUT2D eigenvalue weighted by Crippen LogP contribution is -2.01. The Morgan fingerprint density at radius 2 is 1.71 bits per heavy atom. The van der Waals surface area contributed by atoms with Crippen molar-refractivity contribution in [1.29, 1.82) is 0 Å². The first-order chi connectivity index (χ1) is 10.1. The SMILES string of the molecule is Nc1cc(-c2ccc([N+](=O)[O-])cc2)nn1-c1ccccc1. The summed E-state index contributed by atoms with van der Waals surface area (Å²) >= 11 is 0. The van der Waals surface area contributed by atoms with Gasteiger partial charge in [0.25, 0.3) is 5.69 Å². The van der Waals surface area contributed by atoms with Gasteiger partial charge in [-0.05, 0) is 24.3 Å². The van der Waals surface area contributed by atoms with Crippen molar-refractivity contribution in [2.75, 3.05) is 5.73 Å². The first kappa shape index (κ1) is 12.9. The van der Waals surface area contributed by atoms with Crippen LogP contribution in [0.25, 0.3) is 16.9 Å². The lowest BCUT2D eigenvalue weighted by atomic mass is 10.1. The molecule has 2 aromatic carbocycles. The van der Waals surface area contributed by atoms with Crippen LogP contribution in [0.3, 0.4) is 0 Å². The molecule has 21 heavy (non-hydrogen) atoms. The highest BCUT2D eigenvalue weighted by Gasteiger charge is 2.10. The van der Waals surface area contributed by atoms with Crippen molar-refractivity contribution in [2.45, 2.75) is 0 Å². The quantitative estimate of drug-likeness (QED) is 0.590. The first-order valence-corrected chi connectivity index (χ1v) is 6.31. The third kappa shape index (κ3) is 2.46. The maximum Gasteiger partial charge on any atom is 0.269 e.